The fourth-order valence-corrected chi connectivity index (χ4v) is 1.62. The van der Waals surface area contributed by atoms with Crippen LogP contribution in [0, 0.1) is 5.92 Å². The van der Waals surface area contributed by atoms with Crippen LogP contribution in [0.15, 0.2) is 0 Å². The minimum absolute atomic E-state index is 0.00700. The summed E-state index contributed by atoms with van der Waals surface area (Å²) in [6.07, 6.45) is 0. The van der Waals surface area contributed by atoms with E-state index in [2.05, 4.69) is 10.1 Å². The lowest BCUT2D eigenvalue weighted by Crippen LogP contribution is -2.53. The molecule has 1 N–H and O–H groups in total. The van der Waals surface area contributed by atoms with Gasteiger partial charge in [0.1, 0.15) is 6.04 Å². The van der Waals surface area contributed by atoms with Crippen molar-refractivity contribution in [2.45, 2.75) is 19.9 Å². The molecule has 98 valence electrons. The normalized spacial score (nSPS) is 17.8. The molecule has 1 saturated heterocycles. The molecule has 0 aromatic heterocycles. The lowest BCUT2D eigenvalue weighted by Gasteiger charge is -2.29. The molecule has 1 heterocycles. The number of methoxy groups -OCH3 is 1. The summed E-state index contributed by atoms with van der Waals surface area (Å²) >= 11 is 0. The maximum absolute atomic E-state index is 11.9. The van der Waals surface area contributed by atoms with Gasteiger partial charge in [0.2, 0.25) is 0 Å². The van der Waals surface area contributed by atoms with E-state index in [0.717, 1.165) is 0 Å². The van der Waals surface area contributed by atoms with Crippen molar-refractivity contribution in [3.63, 3.8) is 0 Å². The fraction of sp³-hybridized carbons (Fsp3) is 0.818. The molecule has 2 amide bonds. The molecule has 6 heteroatoms. The number of carbonyl (C=O) groups excluding carboxylic acids is 2. The van der Waals surface area contributed by atoms with E-state index >= 15 is 0 Å². The predicted octanol–water partition coefficient (Wildman–Crippen LogP) is 0.226. The third kappa shape index (κ3) is 3.89. The first-order valence-electron chi connectivity index (χ1n) is 5.77. The summed E-state index contributed by atoms with van der Waals surface area (Å²) in [5.74, 6) is -0.422. The molecule has 1 fully saturated rings. The van der Waals surface area contributed by atoms with Crippen molar-refractivity contribution in [1.29, 1.82) is 0 Å². The molecular formula is C11H20N2O4. The summed E-state index contributed by atoms with van der Waals surface area (Å²) in [6, 6.07) is -0.840. The van der Waals surface area contributed by atoms with E-state index in [9.17, 15) is 9.59 Å². The van der Waals surface area contributed by atoms with Crippen molar-refractivity contribution < 1.29 is 19.1 Å². The highest BCUT2D eigenvalue weighted by molar-refractivity contribution is 5.83. The molecule has 1 rings (SSSR count). The number of carbonyl (C=O) groups is 2. The van der Waals surface area contributed by atoms with E-state index in [1.165, 1.54) is 7.11 Å². The van der Waals surface area contributed by atoms with Gasteiger partial charge in [-0.05, 0) is 5.92 Å². The summed E-state index contributed by atoms with van der Waals surface area (Å²) in [5.41, 5.74) is 0. The van der Waals surface area contributed by atoms with Gasteiger partial charge in [-0.2, -0.15) is 0 Å². The standard InChI is InChI=1S/C11H20N2O4/c1-8(2)9(10(14)16-3)12-11(15)13-4-6-17-7-5-13/h8-9H,4-7H2,1-3H3,(H,12,15). The minimum Gasteiger partial charge on any atom is -0.467 e. The highest BCUT2D eigenvalue weighted by Gasteiger charge is 2.27. The highest BCUT2D eigenvalue weighted by Crippen LogP contribution is 2.05. The Labute approximate surface area is 101 Å². The Morgan fingerprint density at radius 1 is 1.29 bits per heavy atom. The highest BCUT2D eigenvalue weighted by atomic mass is 16.5. The average molecular weight is 244 g/mol. The zero-order valence-electron chi connectivity index (χ0n) is 10.6. The van der Waals surface area contributed by atoms with Gasteiger partial charge in [-0.15, -0.1) is 0 Å². The Bertz CT molecular complexity index is 275. The molecule has 1 aliphatic heterocycles. The van der Waals surface area contributed by atoms with Crippen molar-refractivity contribution in [2.75, 3.05) is 33.4 Å². The zero-order chi connectivity index (χ0) is 12.8. The van der Waals surface area contributed by atoms with Crippen LogP contribution in [0.3, 0.4) is 0 Å². The Kier molecular flexibility index (Phi) is 5.21. The van der Waals surface area contributed by atoms with Gasteiger partial charge in [0, 0.05) is 13.1 Å². The van der Waals surface area contributed by atoms with Crippen molar-refractivity contribution in [3.8, 4) is 0 Å². The van der Waals surface area contributed by atoms with E-state index in [-0.39, 0.29) is 11.9 Å². The monoisotopic (exact) mass is 244 g/mol. The largest absolute Gasteiger partial charge is 0.467 e. The van der Waals surface area contributed by atoms with Gasteiger partial charge in [-0.1, -0.05) is 13.8 Å². The summed E-state index contributed by atoms with van der Waals surface area (Å²) in [5, 5.41) is 2.69. The molecule has 0 radical (unpaired) electrons. The van der Waals surface area contributed by atoms with Crippen LogP contribution in [0.5, 0.6) is 0 Å². The minimum atomic E-state index is -0.602. The Morgan fingerprint density at radius 3 is 2.35 bits per heavy atom. The molecule has 0 aromatic carbocycles. The number of ether oxygens (including phenoxy) is 2. The van der Waals surface area contributed by atoms with Crippen molar-refractivity contribution >= 4 is 12.0 Å². The predicted molar refractivity (Wildman–Crippen MR) is 61.6 cm³/mol. The lowest BCUT2D eigenvalue weighted by atomic mass is 10.1. The first-order chi connectivity index (χ1) is 8.06. The average Bonchev–Trinajstić information content (AvgIpc) is 2.35. The molecule has 0 spiro atoms. The van der Waals surface area contributed by atoms with Gasteiger partial charge in [-0.3, -0.25) is 0 Å². The third-order valence-electron chi connectivity index (χ3n) is 2.70. The second-order valence-electron chi connectivity index (χ2n) is 4.29. The number of morpholine rings is 1. The topological polar surface area (TPSA) is 67.9 Å². The second-order valence-corrected chi connectivity index (χ2v) is 4.29. The SMILES string of the molecule is COC(=O)C(NC(=O)N1CCOCC1)C(C)C. The fourth-order valence-electron chi connectivity index (χ4n) is 1.62. The molecular weight excluding hydrogens is 224 g/mol. The molecule has 0 aliphatic carbocycles. The molecule has 1 unspecified atom stereocenters. The molecule has 0 bridgehead atoms. The van der Waals surface area contributed by atoms with Crippen LogP contribution in [0.2, 0.25) is 0 Å². The van der Waals surface area contributed by atoms with Crippen LogP contribution in [-0.4, -0.2) is 56.4 Å². The number of hydrogen-bond acceptors (Lipinski definition) is 4. The second kappa shape index (κ2) is 6.44. The van der Waals surface area contributed by atoms with Gasteiger partial charge < -0.3 is 19.7 Å². The van der Waals surface area contributed by atoms with Gasteiger partial charge >= 0.3 is 12.0 Å². The van der Waals surface area contributed by atoms with Crippen LogP contribution in [0.25, 0.3) is 0 Å². The zero-order valence-corrected chi connectivity index (χ0v) is 10.6. The molecule has 17 heavy (non-hydrogen) atoms. The molecule has 0 aromatic rings. The number of hydrogen-bond donors (Lipinski definition) is 1. The number of urea groups is 1. The van der Waals surface area contributed by atoms with Crippen molar-refractivity contribution in [1.82, 2.24) is 10.2 Å². The van der Waals surface area contributed by atoms with E-state index in [1.807, 2.05) is 13.8 Å². The van der Waals surface area contributed by atoms with E-state index in [0.29, 0.717) is 26.3 Å². The quantitative estimate of drug-likeness (QED) is 0.721. The Balaban J connectivity index is 2.54. The number of esters is 1. The first-order valence-corrected chi connectivity index (χ1v) is 5.77. The number of amides is 2. The van der Waals surface area contributed by atoms with E-state index in [1.54, 1.807) is 4.90 Å². The van der Waals surface area contributed by atoms with E-state index in [4.69, 9.17) is 4.74 Å². The molecule has 0 saturated carbocycles. The summed E-state index contributed by atoms with van der Waals surface area (Å²) < 4.78 is 9.82. The number of nitrogens with one attached hydrogen (secondary N) is 1. The van der Waals surface area contributed by atoms with Crippen LogP contribution >= 0.6 is 0 Å². The van der Waals surface area contributed by atoms with Gasteiger partial charge in [0.15, 0.2) is 0 Å². The smallest absolute Gasteiger partial charge is 0.328 e. The van der Waals surface area contributed by atoms with E-state index < -0.39 is 12.0 Å². The maximum Gasteiger partial charge on any atom is 0.328 e. The van der Waals surface area contributed by atoms with Crippen LogP contribution in [0.4, 0.5) is 4.79 Å². The lowest BCUT2D eigenvalue weighted by molar-refractivity contribution is -0.144. The molecule has 6 nitrogen and oxygen atoms in total. The van der Waals surface area contributed by atoms with Gasteiger partial charge in [0.25, 0.3) is 0 Å². The van der Waals surface area contributed by atoms with Crippen LogP contribution < -0.4 is 5.32 Å². The summed E-state index contributed by atoms with van der Waals surface area (Å²) in [6.45, 7) is 5.91. The first kappa shape index (κ1) is 13.8. The summed E-state index contributed by atoms with van der Waals surface area (Å²) in [7, 11) is 1.32. The van der Waals surface area contributed by atoms with Crippen LogP contribution in [0.1, 0.15) is 13.8 Å². The van der Waals surface area contributed by atoms with Crippen molar-refractivity contribution in [2.24, 2.45) is 5.92 Å². The maximum atomic E-state index is 11.9. The van der Waals surface area contributed by atoms with Gasteiger partial charge in [-0.25, -0.2) is 9.59 Å². The Hall–Kier alpha value is -1.30. The Morgan fingerprint density at radius 2 is 1.88 bits per heavy atom. The molecule has 1 aliphatic rings. The van der Waals surface area contributed by atoms with Crippen molar-refractivity contribution in [3.05, 3.63) is 0 Å². The van der Waals surface area contributed by atoms with Crippen LogP contribution in [-0.2, 0) is 14.3 Å². The third-order valence-corrected chi connectivity index (χ3v) is 2.70. The number of rotatable bonds is 3. The van der Waals surface area contributed by atoms with Gasteiger partial charge in [0.05, 0.1) is 20.3 Å². The number of nitrogens with zero attached hydrogens (tertiary/aromatic N) is 1. The molecule has 1 atom stereocenters. The summed E-state index contributed by atoms with van der Waals surface area (Å²) in [4.78, 5) is 25.0.